The van der Waals surface area contributed by atoms with E-state index in [0.29, 0.717) is 6.54 Å². The van der Waals surface area contributed by atoms with Crippen LogP contribution < -0.4 is 5.32 Å². The maximum absolute atomic E-state index is 11.4. The number of nitrogens with one attached hydrogen (secondary N) is 1. The van der Waals surface area contributed by atoms with Gasteiger partial charge in [0.25, 0.3) is 0 Å². The molecule has 2 heterocycles. The predicted molar refractivity (Wildman–Crippen MR) is 81.5 cm³/mol. The molecule has 0 bridgehead atoms. The van der Waals surface area contributed by atoms with Crippen LogP contribution in [0.2, 0.25) is 0 Å². The lowest BCUT2D eigenvalue weighted by atomic mass is 10.2. The van der Waals surface area contributed by atoms with E-state index in [-0.39, 0.29) is 5.25 Å². The molecular formula is C13H17N3OS2. The number of aryl methyl sites for hydroxylation is 2. The summed E-state index contributed by atoms with van der Waals surface area (Å²) in [5.41, 5.74) is 1.42. The summed E-state index contributed by atoms with van der Waals surface area (Å²) in [4.78, 5) is 11.3. The van der Waals surface area contributed by atoms with Crippen LogP contribution in [-0.2, 0) is 23.6 Å². The number of aromatic nitrogens is 2. The van der Waals surface area contributed by atoms with Gasteiger partial charge < -0.3 is 5.32 Å². The minimum Gasteiger partial charge on any atom is -0.368 e. The molecule has 0 saturated carbocycles. The fraction of sp³-hybridized carbons (Fsp3) is 0.538. The molecule has 0 radical (unpaired) electrons. The molecule has 2 aromatic rings. The summed E-state index contributed by atoms with van der Waals surface area (Å²) in [6.07, 6.45) is 6.90. The monoisotopic (exact) mass is 295 g/mol. The molecule has 0 amide bonds. The Balaban J connectivity index is 1.93. The van der Waals surface area contributed by atoms with Gasteiger partial charge in [-0.05, 0) is 31.7 Å². The minimum absolute atomic E-state index is 0.122. The van der Waals surface area contributed by atoms with Crippen LogP contribution in [0.4, 0.5) is 5.82 Å². The summed E-state index contributed by atoms with van der Waals surface area (Å²) < 4.78 is 11.4. The molecule has 102 valence electrons. The molecule has 1 aliphatic rings. The fourth-order valence-electron chi connectivity index (χ4n) is 2.42. The standard InChI is InChI=1S/C13H17N3OS2/c1-8(19(2)17)6-14-12-11-9-4-3-5-10(9)18-13(11)16-7-15-12/h7-8H,3-6H2,1-2H3,(H,14,15,16)/t8-,19-/m1/s1. The second-order valence-electron chi connectivity index (χ2n) is 4.95. The first kappa shape index (κ1) is 13.0. The topological polar surface area (TPSA) is 54.9 Å². The van der Waals surface area contributed by atoms with Crippen LogP contribution in [0.1, 0.15) is 23.8 Å². The highest BCUT2D eigenvalue weighted by Gasteiger charge is 2.21. The highest BCUT2D eigenvalue weighted by molar-refractivity contribution is 7.84. The zero-order valence-corrected chi connectivity index (χ0v) is 12.7. The Kier molecular flexibility index (Phi) is 3.54. The molecule has 6 heteroatoms. The van der Waals surface area contributed by atoms with Crippen molar-refractivity contribution >= 4 is 38.2 Å². The summed E-state index contributed by atoms with van der Waals surface area (Å²) in [6.45, 7) is 2.67. The number of thiophene rings is 1. The van der Waals surface area contributed by atoms with Crippen LogP contribution in [0.15, 0.2) is 6.33 Å². The Bertz CT molecular complexity index is 638. The third-order valence-electron chi connectivity index (χ3n) is 3.62. The highest BCUT2D eigenvalue weighted by atomic mass is 32.2. The van der Waals surface area contributed by atoms with E-state index in [1.54, 1.807) is 23.9 Å². The number of hydrogen-bond donors (Lipinski definition) is 1. The molecule has 2 aromatic heterocycles. The van der Waals surface area contributed by atoms with Crippen LogP contribution in [0.5, 0.6) is 0 Å². The largest absolute Gasteiger partial charge is 0.368 e. The second-order valence-corrected chi connectivity index (χ2v) is 7.84. The van der Waals surface area contributed by atoms with Crippen LogP contribution in [0.3, 0.4) is 0 Å². The number of hydrogen-bond acceptors (Lipinski definition) is 5. The van der Waals surface area contributed by atoms with Crippen molar-refractivity contribution in [1.82, 2.24) is 9.97 Å². The molecule has 0 aliphatic heterocycles. The van der Waals surface area contributed by atoms with Crippen LogP contribution >= 0.6 is 11.3 Å². The maximum Gasteiger partial charge on any atom is 0.138 e. The SMILES string of the molecule is C[C@H](CNc1ncnc2sc3c(c12)CCC3)[S@@](C)=O. The first-order valence-electron chi connectivity index (χ1n) is 6.48. The van der Waals surface area contributed by atoms with Crippen molar-refractivity contribution in [3.05, 3.63) is 16.8 Å². The zero-order valence-electron chi connectivity index (χ0n) is 11.1. The lowest BCUT2D eigenvalue weighted by Gasteiger charge is -2.11. The summed E-state index contributed by atoms with van der Waals surface area (Å²) >= 11 is 1.79. The van der Waals surface area contributed by atoms with Crippen LogP contribution in [0.25, 0.3) is 10.2 Å². The van der Waals surface area contributed by atoms with Gasteiger partial charge in [0.1, 0.15) is 17.0 Å². The van der Waals surface area contributed by atoms with Gasteiger partial charge >= 0.3 is 0 Å². The fourth-order valence-corrected chi connectivity index (χ4v) is 3.97. The number of nitrogens with zero attached hydrogens (tertiary/aromatic N) is 2. The van der Waals surface area contributed by atoms with Crippen LogP contribution in [0, 0.1) is 0 Å². The summed E-state index contributed by atoms with van der Waals surface area (Å²) in [5.74, 6) is 0.904. The molecule has 2 atom stereocenters. The van der Waals surface area contributed by atoms with E-state index in [4.69, 9.17) is 0 Å². The smallest absolute Gasteiger partial charge is 0.138 e. The molecule has 1 N–H and O–H groups in total. The van der Waals surface area contributed by atoms with Crippen molar-refractivity contribution in [3.8, 4) is 0 Å². The normalized spacial score (nSPS) is 17.4. The van der Waals surface area contributed by atoms with Gasteiger partial charge in [-0.2, -0.15) is 0 Å². The molecule has 0 saturated heterocycles. The van der Waals surface area contributed by atoms with Crippen LogP contribution in [-0.4, -0.2) is 32.2 Å². The van der Waals surface area contributed by atoms with Crippen molar-refractivity contribution in [3.63, 3.8) is 0 Å². The van der Waals surface area contributed by atoms with Crippen molar-refractivity contribution in [2.45, 2.75) is 31.4 Å². The van der Waals surface area contributed by atoms with Gasteiger partial charge in [0.05, 0.1) is 5.39 Å². The van der Waals surface area contributed by atoms with Crippen molar-refractivity contribution in [1.29, 1.82) is 0 Å². The van der Waals surface area contributed by atoms with Gasteiger partial charge in [0, 0.05) is 33.7 Å². The number of anilines is 1. The summed E-state index contributed by atoms with van der Waals surface area (Å²) in [7, 11) is -0.811. The van der Waals surface area contributed by atoms with Gasteiger partial charge in [-0.15, -0.1) is 11.3 Å². The lowest BCUT2D eigenvalue weighted by molar-refractivity contribution is 0.679. The Morgan fingerprint density at radius 3 is 3.11 bits per heavy atom. The molecule has 3 rings (SSSR count). The average molecular weight is 295 g/mol. The molecule has 0 aromatic carbocycles. The minimum atomic E-state index is -0.811. The first-order valence-corrected chi connectivity index (χ1v) is 8.92. The highest BCUT2D eigenvalue weighted by Crippen LogP contribution is 2.38. The van der Waals surface area contributed by atoms with Crippen molar-refractivity contribution in [2.24, 2.45) is 0 Å². The molecule has 19 heavy (non-hydrogen) atoms. The van der Waals surface area contributed by atoms with E-state index in [1.165, 1.54) is 28.7 Å². The van der Waals surface area contributed by atoms with Crippen molar-refractivity contribution < 1.29 is 4.21 Å². The lowest BCUT2D eigenvalue weighted by Crippen LogP contribution is -2.21. The number of fused-ring (bicyclic) bond motifs is 3. The van der Waals surface area contributed by atoms with E-state index in [9.17, 15) is 4.21 Å². The third-order valence-corrected chi connectivity index (χ3v) is 6.12. The van der Waals surface area contributed by atoms with Gasteiger partial charge in [0.2, 0.25) is 0 Å². The molecule has 0 unspecified atom stereocenters. The van der Waals surface area contributed by atoms with E-state index < -0.39 is 10.8 Å². The Hall–Kier alpha value is -1.01. The molecule has 0 fully saturated rings. The predicted octanol–water partition coefficient (Wildman–Crippen LogP) is 2.36. The van der Waals surface area contributed by atoms with E-state index in [1.807, 2.05) is 6.92 Å². The van der Waals surface area contributed by atoms with E-state index in [0.717, 1.165) is 17.1 Å². The van der Waals surface area contributed by atoms with Gasteiger partial charge in [0.15, 0.2) is 0 Å². The van der Waals surface area contributed by atoms with E-state index >= 15 is 0 Å². The second kappa shape index (κ2) is 5.17. The maximum atomic E-state index is 11.4. The van der Waals surface area contributed by atoms with Gasteiger partial charge in [-0.3, -0.25) is 4.21 Å². The Morgan fingerprint density at radius 1 is 1.47 bits per heavy atom. The molecule has 0 spiro atoms. The van der Waals surface area contributed by atoms with E-state index in [2.05, 4.69) is 15.3 Å². The van der Waals surface area contributed by atoms with Crippen molar-refractivity contribution in [2.75, 3.05) is 18.1 Å². The molecule has 1 aliphatic carbocycles. The third kappa shape index (κ3) is 2.39. The Morgan fingerprint density at radius 2 is 2.32 bits per heavy atom. The quantitative estimate of drug-likeness (QED) is 0.941. The van der Waals surface area contributed by atoms with Gasteiger partial charge in [-0.1, -0.05) is 0 Å². The average Bonchev–Trinajstić information content (AvgIpc) is 2.95. The van der Waals surface area contributed by atoms with Gasteiger partial charge in [-0.25, -0.2) is 9.97 Å². The molecular weight excluding hydrogens is 278 g/mol. The Labute approximate surface area is 119 Å². The first-order chi connectivity index (χ1) is 9.16. The summed E-state index contributed by atoms with van der Waals surface area (Å²) in [5, 5.41) is 4.66. The number of rotatable bonds is 4. The molecule has 4 nitrogen and oxygen atoms in total. The zero-order chi connectivity index (χ0) is 13.4. The summed E-state index contributed by atoms with van der Waals surface area (Å²) in [6, 6.07) is 0.